The van der Waals surface area contributed by atoms with Crippen molar-refractivity contribution in [2.24, 2.45) is 5.16 Å². The first-order valence-electron chi connectivity index (χ1n) is 8.91. The Kier molecular flexibility index (Phi) is 3.59. The van der Waals surface area contributed by atoms with Crippen LogP contribution in [0.5, 0.6) is 0 Å². The Labute approximate surface area is 151 Å². The van der Waals surface area contributed by atoms with Crippen LogP contribution in [0.4, 0.5) is 0 Å². The fourth-order valence-electron chi connectivity index (χ4n) is 3.92. The van der Waals surface area contributed by atoms with E-state index in [1.807, 2.05) is 26.0 Å². The molecule has 6 nitrogen and oxygen atoms in total. The van der Waals surface area contributed by atoms with E-state index >= 15 is 0 Å². The van der Waals surface area contributed by atoms with Crippen molar-refractivity contribution >= 4 is 16.5 Å². The maximum atomic E-state index is 10.6. The van der Waals surface area contributed by atoms with E-state index in [1.54, 1.807) is 0 Å². The molecule has 3 aliphatic rings. The summed E-state index contributed by atoms with van der Waals surface area (Å²) in [4.78, 5) is 5.64. The van der Waals surface area contributed by atoms with Crippen molar-refractivity contribution in [3.63, 3.8) is 0 Å². The predicted molar refractivity (Wildman–Crippen MR) is 94.5 cm³/mol. The van der Waals surface area contributed by atoms with Gasteiger partial charge in [0.1, 0.15) is 18.3 Å². The Morgan fingerprint density at radius 1 is 1.08 bits per heavy atom. The first-order chi connectivity index (χ1) is 12.5. The highest BCUT2D eigenvalue weighted by Crippen LogP contribution is 2.40. The molecule has 1 unspecified atom stereocenters. The van der Waals surface area contributed by atoms with Crippen molar-refractivity contribution in [2.75, 3.05) is 0 Å². The molecule has 2 saturated heterocycles. The van der Waals surface area contributed by atoms with Crippen LogP contribution in [0.1, 0.15) is 31.9 Å². The minimum absolute atomic E-state index is 0.177. The van der Waals surface area contributed by atoms with E-state index in [-0.39, 0.29) is 6.10 Å². The van der Waals surface area contributed by atoms with Crippen LogP contribution in [0.25, 0.3) is 10.8 Å². The van der Waals surface area contributed by atoms with E-state index in [2.05, 4.69) is 35.5 Å². The van der Waals surface area contributed by atoms with Crippen LogP contribution in [0.3, 0.4) is 0 Å². The smallest absolute Gasteiger partial charge is 0.190 e. The second kappa shape index (κ2) is 5.76. The molecule has 6 heteroatoms. The highest BCUT2D eigenvalue weighted by Gasteiger charge is 2.56. The zero-order valence-electron chi connectivity index (χ0n) is 14.7. The third-order valence-corrected chi connectivity index (χ3v) is 5.18. The summed E-state index contributed by atoms with van der Waals surface area (Å²) in [5, 5.41) is 17.1. The summed E-state index contributed by atoms with van der Waals surface area (Å²) >= 11 is 0. The third kappa shape index (κ3) is 2.61. The zero-order valence-corrected chi connectivity index (χ0v) is 14.7. The van der Waals surface area contributed by atoms with Gasteiger partial charge in [-0.05, 0) is 36.2 Å². The second-order valence-electron chi connectivity index (χ2n) is 7.50. The molecule has 3 aliphatic heterocycles. The minimum Gasteiger partial charge on any atom is -0.387 e. The van der Waals surface area contributed by atoms with Gasteiger partial charge >= 0.3 is 0 Å². The molecule has 0 radical (unpaired) electrons. The van der Waals surface area contributed by atoms with Crippen molar-refractivity contribution < 1.29 is 24.2 Å². The van der Waals surface area contributed by atoms with Crippen molar-refractivity contribution in [1.29, 1.82) is 0 Å². The molecule has 0 spiro atoms. The number of nitrogens with zero attached hydrogens (tertiary/aromatic N) is 1. The number of oxime groups is 1. The van der Waals surface area contributed by atoms with Gasteiger partial charge in [-0.1, -0.05) is 41.6 Å². The number of hydrogen-bond donors (Lipinski definition) is 1. The number of aliphatic hydroxyl groups excluding tert-OH is 1. The van der Waals surface area contributed by atoms with Gasteiger partial charge in [0.05, 0.1) is 5.71 Å². The van der Waals surface area contributed by atoms with Gasteiger partial charge in [0.25, 0.3) is 0 Å². The summed E-state index contributed by atoms with van der Waals surface area (Å²) in [6, 6.07) is 14.5. The molecule has 5 rings (SSSR count). The molecule has 2 aromatic carbocycles. The van der Waals surface area contributed by atoms with Crippen LogP contribution >= 0.6 is 0 Å². The van der Waals surface area contributed by atoms with E-state index in [9.17, 15) is 5.11 Å². The zero-order chi connectivity index (χ0) is 17.9. The van der Waals surface area contributed by atoms with E-state index in [0.29, 0.717) is 12.1 Å². The molecule has 1 N–H and O–H groups in total. The second-order valence-corrected chi connectivity index (χ2v) is 7.50. The van der Waals surface area contributed by atoms with Crippen molar-refractivity contribution in [3.8, 4) is 0 Å². The molecule has 0 bridgehead atoms. The highest BCUT2D eigenvalue weighted by atomic mass is 16.8. The summed E-state index contributed by atoms with van der Waals surface area (Å²) in [7, 11) is 0. The molecule has 0 amide bonds. The van der Waals surface area contributed by atoms with Gasteiger partial charge in [-0.25, -0.2) is 0 Å². The van der Waals surface area contributed by atoms with Crippen LogP contribution in [0.15, 0.2) is 47.6 Å². The lowest BCUT2D eigenvalue weighted by atomic mass is 9.97. The SMILES string of the molecule is CC1(C)O[C@H]2O[C@H](C3=NOC(c4ccc5ccccc5c4)C3)[C@H](O)[C@H]2O1. The van der Waals surface area contributed by atoms with Crippen molar-refractivity contribution in [3.05, 3.63) is 48.0 Å². The first-order valence-corrected chi connectivity index (χ1v) is 8.91. The quantitative estimate of drug-likeness (QED) is 0.897. The normalized spacial score (nSPS) is 35.3. The summed E-state index contributed by atoms with van der Waals surface area (Å²) in [5.41, 5.74) is 1.75. The van der Waals surface area contributed by atoms with Crippen LogP contribution in [-0.4, -0.2) is 41.2 Å². The Morgan fingerprint density at radius 2 is 1.88 bits per heavy atom. The van der Waals surface area contributed by atoms with E-state index in [1.165, 1.54) is 5.39 Å². The molecule has 0 aliphatic carbocycles. The van der Waals surface area contributed by atoms with Crippen molar-refractivity contribution in [1.82, 2.24) is 0 Å². The average Bonchev–Trinajstić information content (AvgIpc) is 3.29. The van der Waals surface area contributed by atoms with Crippen LogP contribution < -0.4 is 0 Å². The molecular weight excluding hydrogens is 334 g/mol. The molecule has 2 fully saturated rings. The number of hydrogen-bond acceptors (Lipinski definition) is 6. The van der Waals surface area contributed by atoms with Gasteiger partial charge in [-0.3, -0.25) is 0 Å². The van der Waals surface area contributed by atoms with Gasteiger partial charge in [-0.2, -0.15) is 0 Å². The molecular formula is C20H21NO5. The lowest BCUT2D eigenvalue weighted by Crippen LogP contribution is -2.38. The largest absolute Gasteiger partial charge is 0.387 e. The summed E-state index contributed by atoms with van der Waals surface area (Å²) < 4.78 is 17.3. The van der Waals surface area contributed by atoms with Gasteiger partial charge in [0, 0.05) is 6.42 Å². The summed E-state index contributed by atoms with van der Waals surface area (Å²) in [6.07, 6.45) is -2.07. The Bertz CT molecular complexity index is 879. The van der Waals surface area contributed by atoms with Gasteiger partial charge < -0.3 is 24.2 Å². The lowest BCUT2D eigenvalue weighted by Gasteiger charge is -2.22. The van der Waals surface area contributed by atoms with E-state index in [4.69, 9.17) is 19.0 Å². The van der Waals surface area contributed by atoms with Gasteiger partial charge in [0.15, 0.2) is 18.2 Å². The van der Waals surface area contributed by atoms with E-state index < -0.39 is 30.4 Å². The average molecular weight is 355 g/mol. The topological polar surface area (TPSA) is 69.5 Å². The first kappa shape index (κ1) is 16.2. The van der Waals surface area contributed by atoms with Crippen LogP contribution in [0, 0.1) is 0 Å². The molecule has 5 atom stereocenters. The van der Waals surface area contributed by atoms with Gasteiger partial charge in [-0.15, -0.1) is 0 Å². The molecule has 26 heavy (non-hydrogen) atoms. The molecule has 0 saturated carbocycles. The highest BCUT2D eigenvalue weighted by molar-refractivity contribution is 5.91. The van der Waals surface area contributed by atoms with Crippen molar-refractivity contribution in [2.45, 2.75) is 56.8 Å². The lowest BCUT2D eigenvalue weighted by molar-refractivity contribution is -0.207. The Hall–Kier alpha value is -1.99. The standard InChI is InChI=1S/C20H21NO5/c1-20(2)24-18-16(22)17(23-19(18)25-20)14-10-15(26-21-14)13-8-7-11-5-3-4-6-12(11)9-13/h3-9,15-19,22H,10H2,1-2H3/t15?,16-,17+,18+,19+/m0/s1. The maximum Gasteiger partial charge on any atom is 0.190 e. The number of ether oxygens (including phenoxy) is 3. The Morgan fingerprint density at radius 3 is 2.69 bits per heavy atom. The summed E-state index contributed by atoms with van der Waals surface area (Å²) in [6.45, 7) is 3.62. The van der Waals surface area contributed by atoms with E-state index in [0.717, 1.165) is 10.9 Å². The predicted octanol–water partition coefficient (Wildman–Crippen LogP) is 2.89. The van der Waals surface area contributed by atoms with Gasteiger partial charge in [0.2, 0.25) is 0 Å². The fraction of sp³-hybridized carbons (Fsp3) is 0.450. The molecule has 3 heterocycles. The van der Waals surface area contributed by atoms with Crippen LogP contribution in [-0.2, 0) is 19.0 Å². The third-order valence-electron chi connectivity index (χ3n) is 5.18. The Balaban J connectivity index is 1.31. The maximum absolute atomic E-state index is 10.6. The van der Waals surface area contributed by atoms with Crippen LogP contribution in [0.2, 0.25) is 0 Å². The number of rotatable bonds is 2. The number of benzene rings is 2. The summed E-state index contributed by atoms with van der Waals surface area (Å²) in [5.74, 6) is -0.747. The number of fused-ring (bicyclic) bond motifs is 2. The molecule has 2 aromatic rings. The number of aliphatic hydroxyl groups is 1. The fourth-order valence-corrected chi connectivity index (χ4v) is 3.92. The monoisotopic (exact) mass is 355 g/mol. The molecule has 136 valence electrons. The molecule has 0 aromatic heterocycles. The minimum atomic E-state index is -0.820.